The predicted octanol–water partition coefficient (Wildman–Crippen LogP) is 2.87. The summed E-state index contributed by atoms with van der Waals surface area (Å²) in [6.45, 7) is 4.57. The summed E-state index contributed by atoms with van der Waals surface area (Å²) in [7, 11) is 0. The van der Waals surface area contributed by atoms with Crippen LogP contribution < -0.4 is 0 Å². The van der Waals surface area contributed by atoms with Crippen LogP contribution in [0.3, 0.4) is 0 Å². The van der Waals surface area contributed by atoms with Crippen LogP contribution in [0.4, 0.5) is 0 Å². The fourth-order valence-electron chi connectivity index (χ4n) is 1.21. The van der Waals surface area contributed by atoms with Crippen LogP contribution in [0.1, 0.15) is 58.8 Å². The number of ketones is 1. The standard InChI is InChI=1S/C12H22O3/c1-3-5-7-9-15-12(14)10-11(13)8-6-4-2/h3-10H2,1-2H3. The Morgan fingerprint density at radius 1 is 1.00 bits per heavy atom. The van der Waals surface area contributed by atoms with Gasteiger partial charge in [0, 0.05) is 6.42 Å². The number of unbranched alkanes of at least 4 members (excludes halogenated alkanes) is 3. The molecule has 0 amide bonds. The molecule has 3 heteroatoms. The zero-order valence-electron chi connectivity index (χ0n) is 9.88. The van der Waals surface area contributed by atoms with Crippen molar-refractivity contribution in [2.24, 2.45) is 0 Å². The van der Waals surface area contributed by atoms with Crippen LogP contribution in [-0.2, 0) is 14.3 Å². The minimum atomic E-state index is -0.368. The SMILES string of the molecule is CCCCCOC(=O)CC(=O)CCCC. The third kappa shape index (κ3) is 9.44. The normalized spacial score (nSPS) is 10.0. The molecular formula is C12H22O3. The molecule has 0 radical (unpaired) electrons. The molecule has 0 aromatic heterocycles. The third-order valence-corrected chi connectivity index (χ3v) is 2.16. The number of Topliss-reactive ketones (excluding diaryl/α,β-unsaturated/α-hetero) is 1. The van der Waals surface area contributed by atoms with Gasteiger partial charge >= 0.3 is 5.97 Å². The number of rotatable bonds is 9. The van der Waals surface area contributed by atoms with Crippen LogP contribution in [0.5, 0.6) is 0 Å². The number of carbonyl (C=O) groups excluding carboxylic acids is 2. The lowest BCUT2D eigenvalue weighted by atomic mass is 10.1. The molecule has 0 unspecified atom stereocenters. The number of hydrogen-bond acceptors (Lipinski definition) is 3. The Kier molecular flexibility index (Phi) is 9.13. The van der Waals surface area contributed by atoms with E-state index >= 15 is 0 Å². The largest absolute Gasteiger partial charge is 0.465 e. The Hall–Kier alpha value is -0.860. The van der Waals surface area contributed by atoms with Gasteiger partial charge in [-0.25, -0.2) is 0 Å². The minimum absolute atomic E-state index is 0.00246. The van der Waals surface area contributed by atoms with Crippen LogP contribution in [0, 0.1) is 0 Å². The highest BCUT2D eigenvalue weighted by Gasteiger charge is 2.09. The first-order chi connectivity index (χ1) is 7.20. The van der Waals surface area contributed by atoms with Gasteiger partial charge in [0.2, 0.25) is 0 Å². The van der Waals surface area contributed by atoms with E-state index in [1.807, 2.05) is 6.92 Å². The molecule has 0 aromatic carbocycles. The minimum Gasteiger partial charge on any atom is -0.465 e. The molecule has 15 heavy (non-hydrogen) atoms. The van der Waals surface area contributed by atoms with Gasteiger partial charge in [-0.1, -0.05) is 33.1 Å². The zero-order chi connectivity index (χ0) is 11.5. The topological polar surface area (TPSA) is 43.4 Å². The lowest BCUT2D eigenvalue weighted by Crippen LogP contribution is -2.11. The average Bonchev–Trinajstić information content (AvgIpc) is 2.21. The molecule has 0 N–H and O–H groups in total. The molecule has 0 fully saturated rings. The van der Waals surface area contributed by atoms with Gasteiger partial charge in [-0.15, -0.1) is 0 Å². The molecule has 0 saturated carbocycles. The fourth-order valence-corrected chi connectivity index (χ4v) is 1.21. The second kappa shape index (κ2) is 9.69. The van der Waals surface area contributed by atoms with Crippen molar-refractivity contribution in [3.63, 3.8) is 0 Å². The first-order valence-corrected chi connectivity index (χ1v) is 5.88. The molecular weight excluding hydrogens is 192 g/mol. The van der Waals surface area contributed by atoms with Gasteiger partial charge in [-0.2, -0.15) is 0 Å². The molecule has 0 heterocycles. The van der Waals surface area contributed by atoms with Gasteiger partial charge in [0.05, 0.1) is 6.61 Å². The summed E-state index contributed by atoms with van der Waals surface area (Å²) in [5, 5.41) is 0. The lowest BCUT2D eigenvalue weighted by Gasteiger charge is -2.03. The zero-order valence-corrected chi connectivity index (χ0v) is 9.88. The van der Waals surface area contributed by atoms with E-state index in [-0.39, 0.29) is 18.2 Å². The van der Waals surface area contributed by atoms with E-state index in [4.69, 9.17) is 4.74 Å². The van der Waals surface area contributed by atoms with Crippen molar-refractivity contribution in [1.82, 2.24) is 0 Å². The smallest absolute Gasteiger partial charge is 0.313 e. The van der Waals surface area contributed by atoms with Crippen molar-refractivity contribution in [2.45, 2.75) is 58.8 Å². The molecule has 0 aromatic rings. The summed E-state index contributed by atoms with van der Waals surface area (Å²) < 4.78 is 4.93. The van der Waals surface area contributed by atoms with Crippen LogP contribution in [-0.4, -0.2) is 18.4 Å². The van der Waals surface area contributed by atoms with Gasteiger partial charge in [0.25, 0.3) is 0 Å². The Morgan fingerprint density at radius 3 is 2.27 bits per heavy atom. The van der Waals surface area contributed by atoms with Crippen LogP contribution >= 0.6 is 0 Å². The van der Waals surface area contributed by atoms with Crippen molar-refractivity contribution in [3.05, 3.63) is 0 Å². The first kappa shape index (κ1) is 14.1. The average molecular weight is 214 g/mol. The monoisotopic (exact) mass is 214 g/mol. The highest BCUT2D eigenvalue weighted by atomic mass is 16.5. The second-order valence-corrected chi connectivity index (χ2v) is 3.75. The van der Waals surface area contributed by atoms with E-state index in [0.717, 1.165) is 32.1 Å². The summed E-state index contributed by atoms with van der Waals surface area (Å²) in [6, 6.07) is 0. The highest BCUT2D eigenvalue weighted by molar-refractivity contribution is 5.95. The van der Waals surface area contributed by atoms with Gasteiger partial charge < -0.3 is 4.74 Å². The summed E-state index contributed by atoms with van der Waals surface area (Å²) in [5.74, 6) is -0.371. The van der Waals surface area contributed by atoms with Crippen LogP contribution in [0.2, 0.25) is 0 Å². The molecule has 0 spiro atoms. The number of hydrogen-bond donors (Lipinski definition) is 0. The first-order valence-electron chi connectivity index (χ1n) is 5.88. The molecule has 0 saturated heterocycles. The Labute approximate surface area is 92.2 Å². The predicted molar refractivity (Wildman–Crippen MR) is 59.6 cm³/mol. The molecule has 0 rings (SSSR count). The maximum absolute atomic E-state index is 11.2. The summed E-state index contributed by atoms with van der Waals surface area (Å²) in [6.07, 6.45) is 5.36. The molecule has 0 aliphatic heterocycles. The molecule has 0 aliphatic carbocycles. The number of carbonyl (C=O) groups is 2. The molecule has 0 atom stereocenters. The molecule has 0 aliphatic rings. The van der Waals surface area contributed by atoms with E-state index in [0.29, 0.717) is 13.0 Å². The fraction of sp³-hybridized carbons (Fsp3) is 0.833. The van der Waals surface area contributed by atoms with Gasteiger partial charge in [0.1, 0.15) is 12.2 Å². The lowest BCUT2D eigenvalue weighted by molar-refractivity contribution is -0.146. The van der Waals surface area contributed by atoms with Crippen molar-refractivity contribution < 1.29 is 14.3 Å². The molecule has 3 nitrogen and oxygen atoms in total. The van der Waals surface area contributed by atoms with E-state index < -0.39 is 0 Å². The van der Waals surface area contributed by atoms with Crippen molar-refractivity contribution >= 4 is 11.8 Å². The van der Waals surface area contributed by atoms with Gasteiger partial charge in [-0.3, -0.25) is 9.59 Å². The summed E-state index contributed by atoms with van der Waals surface area (Å²) in [4.78, 5) is 22.3. The maximum Gasteiger partial charge on any atom is 0.313 e. The maximum atomic E-state index is 11.2. The Morgan fingerprint density at radius 2 is 1.67 bits per heavy atom. The van der Waals surface area contributed by atoms with Gasteiger partial charge in [-0.05, 0) is 12.8 Å². The van der Waals surface area contributed by atoms with Crippen LogP contribution in [0.15, 0.2) is 0 Å². The summed E-state index contributed by atoms with van der Waals surface area (Å²) >= 11 is 0. The second-order valence-electron chi connectivity index (χ2n) is 3.75. The number of esters is 1. The quantitative estimate of drug-likeness (QED) is 0.337. The van der Waals surface area contributed by atoms with Crippen molar-refractivity contribution in [3.8, 4) is 0 Å². The van der Waals surface area contributed by atoms with Crippen molar-refractivity contribution in [2.75, 3.05) is 6.61 Å². The van der Waals surface area contributed by atoms with E-state index in [1.165, 1.54) is 0 Å². The van der Waals surface area contributed by atoms with Crippen molar-refractivity contribution in [1.29, 1.82) is 0 Å². The Balaban J connectivity index is 3.43. The summed E-state index contributed by atoms with van der Waals surface area (Å²) in [5.41, 5.74) is 0. The van der Waals surface area contributed by atoms with E-state index in [9.17, 15) is 9.59 Å². The Bertz CT molecular complexity index is 187. The van der Waals surface area contributed by atoms with E-state index in [1.54, 1.807) is 0 Å². The van der Waals surface area contributed by atoms with Crippen LogP contribution in [0.25, 0.3) is 0 Å². The van der Waals surface area contributed by atoms with Gasteiger partial charge in [0.15, 0.2) is 0 Å². The molecule has 88 valence electrons. The van der Waals surface area contributed by atoms with E-state index in [2.05, 4.69) is 6.92 Å². The number of ether oxygens (including phenoxy) is 1. The third-order valence-electron chi connectivity index (χ3n) is 2.16. The highest BCUT2D eigenvalue weighted by Crippen LogP contribution is 2.01. The molecule has 0 bridgehead atoms.